The van der Waals surface area contributed by atoms with Crippen LogP contribution in [0.3, 0.4) is 0 Å². The van der Waals surface area contributed by atoms with Gasteiger partial charge in [-0.05, 0) is 49.5 Å². The average Bonchev–Trinajstić information content (AvgIpc) is 3.46. The van der Waals surface area contributed by atoms with Crippen molar-refractivity contribution in [1.29, 1.82) is 0 Å². The minimum atomic E-state index is -0.122. The molecule has 2 aliphatic rings. The number of nitrogens with zero attached hydrogens (tertiary/aromatic N) is 1. The first-order valence-electron chi connectivity index (χ1n) is 9.16. The second-order valence-corrected chi connectivity index (χ2v) is 7.02. The summed E-state index contributed by atoms with van der Waals surface area (Å²) < 4.78 is 0. The number of carbonyl (C=O) groups excluding carboxylic acids is 3. The summed E-state index contributed by atoms with van der Waals surface area (Å²) in [7, 11) is 0. The topological polar surface area (TPSA) is 78.5 Å². The SMILES string of the molecule is CC(=O)Nc1ccc(/C=C/C(=O)NC2CCN(C(=O)C3CC3)CC2)cc1. The molecular formula is C20H25N3O3. The first-order chi connectivity index (χ1) is 12.5. The smallest absolute Gasteiger partial charge is 0.244 e. The number of benzene rings is 1. The zero-order valence-electron chi connectivity index (χ0n) is 15.0. The van der Waals surface area contributed by atoms with Crippen molar-refractivity contribution in [3.63, 3.8) is 0 Å². The first kappa shape index (κ1) is 18.2. The zero-order chi connectivity index (χ0) is 18.5. The van der Waals surface area contributed by atoms with Crippen molar-refractivity contribution in [1.82, 2.24) is 10.2 Å². The van der Waals surface area contributed by atoms with Gasteiger partial charge in [-0.15, -0.1) is 0 Å². The number of hydrogen-bond donors (Lipinski definition) is 2. The van der Waals surface area contributed by atoms with Crippen molar-refractivity contribution in [2.24, 2.45) is 5.92 Å². The number of amides is 3. The third-order valence-corrected chi connectivity index (χ3v) is 4.74. The van der Waals surface area contributed by atoms with Crippen molar-refractivity contribution in [3.05, 3.63) is 35.9 Å². The van der Waals surface area contributed by atoms with E-state index in [9.17, 15) is 14.4 Å². The maximum atomic E-state index is 12.1. The predicted molar refractivity (Wildman–Crippen MR) is 100 cm³/mol. The van der Waals surface area contributed by atoms with E-state index in [1.165, 1.54) is 13.0 Å². The van der Waals surface area contributed by atoms with Gasteiger partial charge in [-0.2, -0.15) is 0 Å². The number of carbonyl (C=O) groups is 3. The molecule has 1 aliphatic heterocycles. The van der Waals surface area contributed by atoms with E-state index in [0.29, 0.717) is 0 Å². The Hall–Kier alpha value is -2.63. The Morgan fingerprint density at radius 1 is 1.04 bits per heavy atom. The van der Waals surface area contributed by atoms with E-state index in [2.05, 4.69) is 10.6 Å². The van der Waals surface area contributed by atoms with Crippen LogP contribution >= 0.6 is 0 Å². The maximum absolute atomic E-state index is 12.1. The fourth-order valence-corrected chi connectivity index (χ4v) is 3.13. The van der Waals surface area contributed by atoms with Gasteiger partial charge in [0.05, 0.1) is 0 Å². The highest BCUT2D eigenvalue weighted by atomic mass is 16.2. The molecule has 1 saturated heterocycles. The highest BCUT2D eigenvalue weighted by Gasteiger charge is 2.34. The summed E-state index contributed by atoms with van der Waals surface area (Å²) in [4.78, 5) is 37.1. The Labute approximate surface area is 153 Å². The maximum Gasteiger partial charge on any atom is 0.244 e. The number of nitrogens with one attached hydrogen (secondary N) is 2. The van der Waals surface area contributed by atoms with Gasteiger partial charge in [-0.25, -0.2) is 0 Å². The molecule has 26 heavy (non-hydrogen) atoms. The lowest BCUT2D eigenvalue weighted by molar-refractivity contribution is -0.133. The minimum absolute atomic E-state index is 0.113. The Bertz CT molecular complexity index is 700. The Balaban J connectivity index is 1.43. The number of anilines is 1. The molecule has 2 N–H and O–H groups in total. The van der Waals surface area contributed by atoms with Crippen molar-refractivity contribution in [2.75, 3.05) is 18.4 Å². The largest absolute Gasteiger partial charge is 0.350 e. The second kappa shape index (κ2) is 8.17. The standard InChI is InChI=1S/C20H25N3O3/c1-14(24)21-17-7-2-15(3-8-17)4-9-19(25)22-18-10-12-23(13-11-18)20(26)16-5-6-16/h2-4,7-9,16,18H,5-6,10-13H2,1H3,(H,21,24)(H,22,25)/b9-4+. The highest BCUT2D eigenvalue weighted by molar-refractivity contribution is 5.92. The van der Waals surface area contributed by atoms with Gasteiger partial charge in [0.2, 0.25) is 17.7 Å². The summed E-state index contributed by atoms with van der Waals surface area (Å²) in [5.41, 5.74) is 1.62. The van der Waals surface area contributed by atoms with Crippen LogP contribution in [0.1, 0.15) is 38.2 Å². The summed E-state index contributed by atoms with van der Waals surface area (Å²) in [6, 6.07) is 7.41. The van der Waals surface area contributed by atoms with Crippen LogP contribution in [0.15, 0.2) is 30.3 Å². The van der Waals surface area contributed by atoms with E-state index < -0.39 is 0 Å². The summed E-state index contributed by atoms with van der Waals surface area (Å²) in [6.45, 7) is 2.92. The van der Waals surface area contributed by atoms with Crippen LogP contribution in [0.2, 0.25) is 0 Å². The molecule has 138 valence electrons. The number of rotatable bonds is 5. The van der Waals surface area contributed by atoms with Gasteiger partial charge in [0.1, 0.15) is 0 Å². The lowest BCUT2D eigenvalue weighted by Crippen LogP contribution is -2.46. The molecule has 0 atom stereocenters. The molecule has 0 aromatic heterocycles. The minimum Gasteiger partial charge on any atom is -0.350 e. The van der Waals surface area contributed by atoms with Gasteiger partial charge >= 0.3 is 0 Å². The van der Waals surface area contributed by atoms with Crippen molar-refractivity contribution in [2.45, 2.75) is 38.6 Å². The summed E-state index contributed by atoms with van der Waals surface area (Å²) in [6.07, 6.45) is 6.96. The Kier molecular flexibility index (Phi) is 5.71. The molecule has 1 saturated carbocycles. The van der Waals surface area contributed by atoms with Crippen LogP contribution in [0.5, 0.6) is 0 Å². The van der Waals surface area contributed by atoms with Gasteiger partial charge in [-0.1, -0.05) is 12.1 Å². The van der Waals surface area contributed by atoms with Gasteiger partial charge in [0, 0.05) is 43.7 Å². The zero-order valence-corrected chi connectivity index (χ0v) is 15.0. The predicted octanol–water partition coefficient (Wildman–Crippen LogP) is 2.18. The van der Waals surface area contributed by atoms with Crippen LogP contribution in [0, 0.1) is 5.92 Å². The van der Waals surface area contributed by atoms with Crippen LogP contribution in [-0.2, 0) is 14.4 Å². The molecule has 1 aromatic carbocycles. The number of hydrogen-bond acceptors (Lipinski definition) is 3. The second-order valence-electron chi connectivity index (χ2n) is 7.02. The third kappa shape index (κ3) is 5.18. The molecule has 0 radical (unpaired) electrons. The summed E-state index contributed by atoms with van der Waals surface area (Å²) in [5, 5.41) is 5.71. The molecule has 2 fully saturated rings. The molecular weight excluding hydrogens is 330 g/mol. The quantitative estimate of drug-likeness (QED) is 0.795. The Morgan fingerprint density at radius 2 is 1.69 bits per heavy atom. The normalized spacial score (nSPS) is 18.0. The van der Waals surface area contributed by atoms with E-state index in [4.69, 9.17) is 0 Å². The van der Waals surface area contributed by atoms with Gasteiger partial charge in [0.25, 0.3) is 0 Å². The number of likely N-dealkylation sites (tertiary alicyclic amines) is 1. The van der Waals surface area contributed by atoms with Crippen molar-refractivity contribution >= 4 is 29.5 Å². The molecule has 6 heteroatoms. The molecule has 6 nitrogen and oxygen atoms in total. The third-order valence-electron chi connectivity index (χ3n) is 4.74. The van der Waals surface area contributed by atoms with Crippen molar-refractivity contribution < 1.29 is 14.4 Å². The van der Waals surface area contributed by atoms with Gasteiger partial charge < -0.3 is 15.5 Å². The highest BCUT2D eigenvalue weighted by Crippen LogP contribution is 2.31. The molecule has 1 aromatic rings. The average molecular weight is 355 g/mol. The monoisotopic (exact) mass is 355 g/mol. The lowest BCUT2D eigenvalue weighted by Gasteiger charge is -2.32. The van der Waals surface area contributed by atoms with E-state index in [-0.39, 0.29) is 29.7 Å². The molecule has 1 aliphatic carbocycles. The first-order valence-corrected chi connectivity index (χ1v) is 9.16. The summed E-state index contributed by atoms with van der Waals surface area (Å²) >= 11 is 0. The van der Waals surface area contributed by atoms with Gasteiger partial charge in [-0.3, -0.25) is 14.4 Å². The number of piperidine rings is 1. The molecule has 1 heterocycles. The molecule has 0 bridgehead atoms. The fourth-order valence-electron chi connectivity index (χ4n) is 3.13. The van der Waals surface area contributed by atoms with Crippen LogP contribution in [0.4, 0.5) is 5.69 Å². The van der Waals surface area contributed by atoms with Gasteiger partial charge in [0.15, 0.2) is 0 Å². The van der Waals surface area contributed by atoms with E-state index in [1.807, 2.05) is 17.0 Å². The van der Waals surface area contributed by atoms with E-state index in [0.717, 1.165) is 50.0 Å². The van der Waals surface area contributed by atoms with E-state index in [1.54, 1.807) is 18.2 Å². The molecule has 3 amide bonds. The molecule has 0 spiro atoms. The van der Waals surface area contributed by atoms with Crippen LogP contribution in [0.25, 0.3) is 6.08 Å². The van der Waals surface area contributed by atoms with Crippen LogP contribution in [-0.4, -0.2) is 41.8 Å². The molecule has 3 rings (SSSR count). The summed E-state index contributed by atoms with van der Waals surface area (Å²) in [5.74, 6) is 0.318. The Morgan fingerprint density at radius 3 is 2.27 bits per heavy atom. The van der Waals surface area contributed by atoms with Crippen LogP contribution < -0.4 is 10.6 Å². The fraction of sp³-hybridized carbons (Fsp3) is 0.450. The van der Waals surface area contributed by atoms with E-state index >= 15 is 0 Å². The van der Waals surface area contributed by atoms with Crippen molar-refractivity contribution in [3.8, 4) is 0 Å². The molecule has 0 unspecified atom stereocenters. The lowest BCUT2D eigenvalue weighted by atomic mass is 10.0.